The minimum Gasteiger partial charge on any atom is -0.368 e. The second-order valence-electron chi connectivity index (χ2n) is 5.13. The molecule has 0 spiro atoms. The lowest BCUT2D eigenvalue weighted by atomic mass is 10.1. The van der Waals surface area contributed by atoms with Gasteiger partial charge in [0.25, 0.3) is 0 Å². The van der Waals surface area contributed by atoms with Crippen LogP contribution in [0.25, 0.3) is 0 Å². The standard InChI is InChI=1S/C16H19N5O2/c1-21(14-10-18-7-8-19-14)11-15(22)20-13(16(17)23)9-12-5-3-2-4-6-12/h2-8,10,13H,9,11H2,1H3,(H2,17,23)(H,20,22). The fraction of sp³-hybridized carbons (Fsp3) is 0.250. The number of carbonyl (C=O) groups excluding carboxylic acids is 2. The average Bonchev–Trinajstić information content (AvgIpc) is 2.56. The summed E-state index contributed by atoms with van der Waals surface area (Å²) in [4.78, 5) is 33.4. The summed E-state index contributed by atoms with van der Waals surface area (Å²) in [6, 6.07) is 8.65. The van der Waals surface area contributed by atoms with E-state index in [9.17, 15) is 9.59 Å². The molecule has 0 aliphatic heterocycles. The SMILES string of the molecule is CN(CC(=O)NC(Cc1ccccc1)C(N)=O)c1cnccn1. The van der Waals surface area contributed by atoms with E-state index in [-0.39, 0.29) is 12.5 Å². The first-order valence-electron chi connectivity index (χ1n) is 7.16. The van der Waals surface area contributed by atoms with E-state index in [1.54, 1.807) is 30.5 Å². The highest BCUT2D eigenvalue weighted by Gasteiger charge is 2.19. The largest absolute Gasteiger partial charge is 0.368 e. The van der Waals surface area contributed by atoms with Gasteiger partial charge >= 0.3 is 0 Å². The number of carbonyl (C=O) groups is 2. The van der Waals surface area contributed by atoms with Crippen molar-refractivity contribution in [3.8, 4) is 0 Å². The molecule has 120 valence electrons. The third kappa shape index (κ3) is 5.06. The highest BCUT2D eigenvalue weighted by atomic mass is 16.2. The maximum Gasteiger partial charge on any atom is 0.240 e. The molecule has 0 bridgehead atoms. The molecule has 3 N–H and O–H groups in total. The topological polar surface area (TPSA) is 101 Å². The summed E-state index contributed by atoms with van der Waals surface area (Å²) in [5.74, 6) is -0.302. The molecule has 1 unspecified atom stereocenters. The molecule has 2 rings (SSSR count). The van der Waals surface area contributed by atoms with E-state index in [4.69, 9.17) is 5.73 Å². The molecule has 0 saturated carbocycles. The zero-order chi connectivity index (χ0) is 16.7. The van der Waals surface area contributed by atoms with Gasteiger partial charge < -0.3 is 16.0 Å². The van der Waals surface area contributed by atoms with E-state index in [2.05, 4.69) is 15.3 Å². The van der Waals surface area contributed by atoms with Crippen LogP contribution in [0.4, 0.5) is 5.82 Å². The summed E-state index contributed by atoms with van der Waals surface area (Å²) in [6.45, 7) is 0.0528. The fourth-order valence-corrected chi connectivity index (χ4v) is 2.10. The van der Waals surface area contributed by atoms with E-state index in [0.717, 1.165) is 5.56 Å². The van der Waals surface area contributed by atoms with Crippen molar-refractivity contribution >= 4 is 17.6 Å². The van der Waals surface area contributed by atoms with Gasteiger partial charge in [-0.2, -0.15) is 0 Å². The predicted octanol–water partition coefficient (Wildman–Crippen LogP) is 0.126. The monoisotopic (exact) mass is 313 g/mol. The number of primary amides is 1. The quantitative estimate of drug-likeness (QED) is 0.756. The normalized spacial score (nSPS) is 11.5. The van der Waals surface area contributed by atoms with Crippen LogP contribution in [0.1, 0.15) is 5.56 Å². The van der Waals surface area contributed by atoms with Crippen LogP contribution in [0.3, 0.4) is 0 Å². The van der Waals surface area contributed by atoms with Crippen molar-refractivity contribution in [2.24, 2.45) is 5.73 Å². The lowest BCUT2D eigenvalue weighted by molar-refractivity contribution is -0.126. The van der Waals surface area contributed by atoms with Gasteiger partial charge in [0, 0.05) is 25.9 Å². The van der Waals surface area contributed by atoms with E-state index in [1.165, 1.54) is 0 Å². The summed E-state index contributed by atoms with van der Waals surface area (Å²) in [7, 11) is 1.72. The Bertz CT molecular complexity index is 648. The lowest BCUT2D eigenvalue weighted by Gasteiger charge is -2.20. The van der Waals surface area contributed by atoms with Gasteiger partial charge in [-0.15, -0.1) is 0 Å². The van der Waals surface area contributed by atoms with Crippen molar-refractivity contribution in [3.63, 3.8) is 0 Å². The van der Waals surface area contributed by atoms with E-state index >= 15 is 0 Å². The van der Waals surface area contributed by atoms with E-state index < -0.39 is 11.9 Å². The second kappa shape index (κ2) is 7.88. The Hall–Kier alpha value is -2.96. The molecule has 1 aromatic heterocycles. The van der Waals surface area contributed by atoms with Crippen molar-refractivity contribution in [2.45, 2.75) is 12.5 Å². The van der Waals surface area contributed by atoms with Crippen molar-refractivity contribution in [2.75, 3.05) is 18.5 Å². The summed E-state index contributed by atoms with van der Waals surface area (Å²) in [5, 5.41) is 2.66. The summed E-state index contributed by atoms with van der Waals surface area (Å²) >= 11 is 0. The van der Waals surface area contributed by atoms with Gasteiger partial charge in [0.2, 0.25) is 11.8 Å². The third-order valence-electron chi connectivity index (χ3n) is 3.28. The van der Waals surface area contributed by atoms with Crippen LogP contribution >= 0.6 is 0 Å². The van der Waals surface area contributed by atoms with Crippen molar-refractivity contribution in [3.05, 3.63) is 54.5 Å². The Balaban J connectivity index is 1.94. The molecular weight excluding hydrogens is 294 g/mol. The number of rotatable bonds is 7. The summed E-state index contributed by atoms with van der Waals surface area (Å²) in [6.07, 6.45) is 5.02. The second-order valence-corrected chi connectivity index (χ2v) is 5.13. The molecule has 0 fully saturated rings. The molecule has 1 heterocycles. The lowest BCUT2D eigenvalue weighted by Crippen LogP contribution is -2.48. The van der Waals surface area contributed by atoms with Gasteiger partial charge in [-0.25, -0.2) is 4.98 Å². The molecule has 7 heteroatoms. The molecule has 0 aliphatic carbocycles. The van der Waals surface area contributed by atoms with Crippen LogP contribution in [0, 0.1) is 0 Å². The van der Waals surface area contributed by atoms with Gasteiger partial charge in [0.05, 0.1) is 12.7 Å². The predicted molar refractivity (Wildman–Crippen MR) is 86.6 cm³/mol. The number of nitrogens with one attached hydrogen (secondary N) is 1. The Morgan fingerprint density at radius 3 is 2.61 bits per heavy atom. The van der Waals surface area contributed by atoms with Crippen LogP contribution in [-0.4, -0.2) is 41.4 Å². The molecule has 2 aromatic rings. The molecule has 0 aliphatic rings. The Morgan fingerprint density at radius 2 is 2.00 bits per heavy atom. The first kappa shape index (κ1) is 16.4. The Morgan fingerprint density at radius 1 is 1.26 bits per heavy atom. The number of likely N-dealkylation sites (N-methyl/N-ethyl adjacent to an activating group) is 1. The molecule has 7 nitrogen and oxygen atoms in total. The van der Waals surface area contributed by atoms with Gasteiger partial charge in [-0.05, 0) is 5.56 Å². The smallest absolute Gasteiger partial charge is 0.240 e. The average molecular weight is 313 g/mol. The van der Waals surface area contributed by atoms with Gasteiger partial charge in [-0.1, -0.05) is 30.3 Å². The van der Waals surface area contributed by atoms with Crippen LogP contribution in [0.2, 0.25) is 0 Å². The Labute approximate surface area is 134 Å². The maximum absolute atomic E-state index is 12.1. The highest BCUT2D eigenvalue weighted by molar-refractivity contribution is 5.88. The van der Waals surface area contributed by atoms with Crippen LogP contribution in [-0.2, 0) is 16.0 Å². The molecule has 1 aromatic carbocycles. The van der Waals surface area contributed by atoms with Crippen molar-refractivity contribution in [1.82, 2.24) is 15.3 Å². The number of hydrogen-bond acceptors (Lipinski definition) is 5. The van der Waals surface area contributed by atoms with Crippen LogP contribution in [0.5, 0.6) is 0 Å². The number of nitrogens with two attached hydrogens (primary N) is 1. The summed E-state index contributed by atoms with van der Waals surface area (Å²) in [5.41, 5.74) is 6.31. The number of benzene rings is 1. The van der Waals surface area contributed by atoms with E-state index in [1.807, 2.05) is 30.3 Å². The van der Waals surface area contributed by atoms with Crippen molar-refractivity contribution < 1.29 is 9.59 Å². The molecular formula is C16H19N5O2. The highest BCUT2D eigenvalue weighted by Crippen LogP contribution is 2.05. The summed E-state index contributed by atoms with van der Waals surface area (Å²) < 4.78 is 0. The number of aromatic nitrogens is 2. The minimum absolute atomic E-state index is 0.0528. The zero-order valence-electron chi connectivity index (χ0n) is 12.8. The molecule has 1 atom stereocenters. The number of amides is 2. The minimum atomic E-state index is -0.750. The maximum atomic E-state index is 12.1. The van der Waals surface area contributed by atoms with Crippen LogP contribution in [0.15, 0.2) is 48.9 Å². The molecule has 2 amide bonds. The molecule has 0 radical (unpaired) electrons. The van der Waals surface area contributed by atoms with Crippen LogP contribution < -0.4 is 16.0 Å². The fourth-order valence-electron chi connectivity index (χ4n) is 2.10. The number of nitrogens with zero attached hydrogens (tertiary/aromatic N) is 3. The van der Waals surface area contributed by atoms with Gasteiger partial charge in [0.1, 0.15) is 11.9 Å². The van der Waals surface area contributed by atoms with Gasteiger partial charge in [-0.3, -0.25) is 14.6 Å². The Kier molecular flexibility index (Phi) is 5.62. The third-order valence-corrected chi connectivity index (χ3v) is 3.28. The van der Waals surface area contributed by atoms with Gasteiger partial charge in [0.15, 0.2) is 0 Å². The van der Waals surface area contributed by atoms with Crippen molar-refractivity contribution in [1.29, 1.82) is 0 Å². The molecule has 0 saturated heterocycles. The number of anilines is 1. The van der Waals surface area contributed by atoms with E-state index in [0.29, 0.717) is 12.2 Å². The molecule has 23 heavy (non-hydrogen) atoms. The number of hydrogen-bond donors (Lipinski definition) is 2. The first-order valence-corrected chi connectivity index (χ1v) is 7.16. The first-order chi connectivity index (χ1) is 11.1. The zero-order valence-corrected chi connectivity index (χ0v) is 12.8.